The van der Waals surface area contributed by atoms with Crippen molar-refractivity contribution in [3.05, 3.63) is 24.2 Å². The number of cyclic esters (lactones) is 1. The van der Waals surface area contributed by atoms with Gasteiger partial charge in [0.25, 0.3) is 0 Å². The van der Waals surface area contributed by atoms with Crippen molar-refractivity contribution in [3.63, 3.8) is 0 Å². The third-order valence-electron chi connectivity index (χ3n) is 8.38. The van der Waals surface area contributed by atoms with Gasteiger partial charge in [0.1, 0.15) is 18.3 Å². The largest absolute Gasteiger partial charge is 0.472 e. The van der Waals surface area contributed by atoms with Gasteiger partial charge in [-0.15, -0.1) is 0 Å². The van der Waals surface area contributed by atoms with E-state index in [9.17, 15) is 14.7 Å². The minimum atomic E-state index is -0.720. The SMILES string of the molecule is CC(=O)OCC12CCCC3C4(CC(c5ccoc5)OC4=O)C(C)CC(O)C31CO2. The molecule has 7 unspecified atom stereocenters. The molecule has 0 aromatic carbocycles. The van der Waals surface area contributed by atoms with Crippen LogP contribution >= 0.6 is 0 Å². The summed E-state index contributed by atoms with van der Waals surface area (Å²) in [5, 5.41) is 11.3. The molecule has 5 rings (SSSR count). The standard InChI is InChI=1S/C22H28O7/c1-13-8-18(24)22-12-28-20(22,11-27-14(2)23)6-3-4-17(22)21(13)9-16(29-19(21)25)15-5-7-26-10-15/h5,7,10,13,16-18,24H,3-4,6,8-9,11-12H2,1-2H3. The minimum Gasteiger partial charge on any atom is -0.472 e. The Morgan fingerprint density at radius 2 is 2.24 bits per heavy atom. The fraction of sp³-hybridized carbons (Fsp3) is 0.727. The lowest BCUT2D eigenvalue weighted by Crippen LogP contribution is -2.79. The minimum absolute atomic E-state index is 0.0114. The number of esters is 2. The summed E-state index contributed by atoms with van der Waals surface area (Å²) in [6.07, 6.45) is 5.79. The highest BCUT2D eigenvalue weighted by molar-refractivity contribution is 5.81. The number of aliphatic hydroxyl groups is 1. The highest BCUT2D eigenvalue weighted by Crippen LogP contribution is 2.71. The Balaban J connectivity index is 1.55. The molecule has 3 heterocycles. The van der Waals surface area contributed by atoms with E-state index in [0.29, 0.717) is 19.4 Å². The van der Waals surface area contributed by atoms with E-state index in [1.807, 2.05) is 6.07 Å². The Hall–Kier alpha value is -1.86. The molecule has 4 fully saturated rings. The van der Waals surface area contributed by atoms with Gasteiger partial charge in [0.05, 0.1) is 36.1 Å². The lowest BCUT2D eigenvalue weighted by atomic mass is 9.40. The van der Waals surface area contributed by atoms with E-state index < -0.39 is 22.5 Å². The van der Waals surface area contributed by atoms with Gasteiger partial charge < -0.3 is 23.7 Å². The molecule has 2 spiro atoms. The van der Waals surface area contributed by atoms with Crippen molar-refractivity contribution in [2.45, 2.75) is 63.8 Å². The summed E-state index contributed by atoms with van der Waals surface area (Å²) in [6, 6.07) is 1.84. The topological polar surface area (TPSA) is 95.2 Å². The van der Waals surface area contributed by atoms with Crippen LogP contribution in [0.2, 0.25) is 0 Å². The average Bonchev–Trinajstić information content (AvgIpc) is 3.29. The Morgan fingerprint density at radius 1 is 1.41 bits per heavy atom. The first-order chi connectivity index (χ1) is 13.9. The molecule has 7 nitrogen and oxygen atoms in total. The van der Waals surface area contributed by atoms with E-state index in [1.54, 1.807) is 12.5 Å². The third kappa shape index (κ3) is 2.31. The van der Waals surface area contributed by atoms with Crippen molar-refractivity contribution in [1.29, 1.82) is 0 Å². The van der Waals surface area contributed by atoms with Crippen LogP contribution in [0.15, 0.2) is 23.0 Å². The molecule has 0 bridgehead atoms. The second-order valence-corrected chi connectivity index (χ2v) is 9.40. The maximum Gasteiger partial charge on any atom is 0.313 e. The number of rotatable bonds is 3. The van der Waals surface area contributed by atoms with E-state index >= 15 is 0 Å². The van der Waals surface area contributed by atoms with Crippen LogP contribution in [0.5, 0.6) is 0 Å². The first kappa shape index (κ1) is 19.1. The number of fused-ring (bicyclic) bond motifs is 1. The molecule has 2 saturated carbocycles. The van der Waals surface area contributed by atoms with E-state index in [2.05, 4.69) is 6.92 Å². The molecular formula is C22H28O7. The number of carbonyl (C=O) groups is 2. The zero-order valence-corrected chi connectivity index (χ0v) is 16.9. The van der Waals surface area contributed by atoms with Crippen molar-refractivity contribution in [2.24, 2.45) is 22.7 Å². The summed E-state index contributed by atoms with van der Waals surface area (Å²) >= 11 is 0. The summed E-state index contributed by atoms with van der Waals surface area (Å²) in [7, 11) is 0. The van der Waals surface area contributed by atoms with Crippen molar-refractivity contribution in [3.8, 4) is 0 Å². The van der Waals surface area contributed by atoms with E-state index in [1.165, 1.54) is 6.92 Å². The maximum absolute atomic E-state index is 13.4. The van der Waals surface area contributed by atoms with Crippen molar-refractivity contribution < 1.29 is 33.3 Å². The number of ether oxygens (including phenoxy) is 3. The molecule has 29 heavy (non-hydrogen) atoms. The Morgan fingerprint density at radius 3 is 2.90 bits per heavy atom. The van der Waals surface area contributed by atoms with Gasteiger partial charge in [0.15, 0.2) is 0 Å². The van der Waals surface area contributed by atoms with Crippen LogP contribution in [0, 0.1) is 22.7 Å². The first-order valence-electron chi connectivity index (χ1n) is 10.5. The first-order valence-corrected chi connectivity index (χ1v) is 10.5. The molecule has 7 heteroatoms. The number of hydrogen-bond donors (Lipinski definition) is 1. The van der Waals surface area contributed by atoms with Gasteiger partial charge in [-0.1, -0.05) is 13.3 Å². The van der Waals surface area contributed by atoms with Gasteiger partial charge in [-0.3, -0.25) is 9.59 Å². The van der Waals surface area contributed by atoms with E-state index in [4.69, 9.17) is 18.6 Å². The van der Waals surface area contributed by atoms with Crippen LogP contribution in [0.25, 0.3) is 0 Å². The summed E-state index contributed by atoms with van der Waals surface area (Å²) in [5.74, 6) is -0.623. The fourth-order valence-electron chi connectivity index (χ4n) is 6.93. The predicted octanol–water partition coefficient (Wildman–Crippen LogP) is 2.77. The van der Waals surface area contributed by atoms with Gasteiger partial charge in [0.2, 0.25) is 0 Å². The molecule has 0 amide bonds. The maximum atomic E-state index is 13.4. The van der Waals surface area contributed by atoms with Gasteiger partial charge in [-0.05, 0) is 37.2 Å². The number of furan rings is 1. The van der Waals surface area contributed by atoms with Gasteiger partial charge in [-0.25, -0.2) is 0 Å². The van der Waals surface area contributed by atoms with E-state index in [-0.39, 0.29) is 36.5 Å². The molecule has 1 aromatic rings. The highest BCUT2D eigenvalue weighted by Gasteiger charge is 2.78. The zero-order chi connectivity index (χ0) is 20.4. The molecular weight excluding hydrogens is 376 g/mol. The van der Waals surface area contributed by atoms with Crippen LogP contribution < -0.4 is 0 Å². The van der Waals surface area contributed by atoms with Gasteiger partial charge in [0, 0.05) is 18.9 Å². The Bertz CT molecular complexity index is 819. The molecule has 4 aliphatic rings. The lowest BCUT2D eigenvalue weighted by Gasteiger charge is -2.71. The fourth-order valence-corrected chi connectivity index (χ4v) is 6.93. The molecule has 2 aliphatic heterocycles. The molecule has 1 aromatic heterocycles. The molecule has 7 atom stereocenters. The van der Waals surface area contributed by atoms with Crippen LogP contribution in [-0.2, 0) is 23.8 Å². The molecule has 2 saturated heterocycles. The molecule has 0 radical (unpaired) electrons. The second-order valence-electron chi connectivity index (χ2n) is 9.40. The summed E-state index contributed by atoms with van der Waals surface area (Å²) in [5.41, 5.74) is -1.11. The van der Waals surface area contributed by atoms with Gasteiger partial charge >= 0.3 is 11.9 Å². The molecule has 158 valence electrons. The summed E-state index contributed by atoms with van der Waals surface area (Å²) in [6.45, 7) is 3.95. The Labute approximate surface area is 169 Å². The number of hydrogen-bond acceptors (Lipinski definition) is 7. The smallest absolute Gasteiger partial charge is 0.313 e. The second kappa shape index (κ2) is 6.32. The quantitative estimate of drug-likeness (QED) is 0.774. The monoisotopic (exact) mass is 404 g/mol. The number of carbonyl (C=O) groups excluding carboxylic acids is 2. The normalized spacial score (nSPS) is 45.8. The van der Waals surface area contributed by atoms with Crippen molar-refractivity contribution in [1.82, 2.24) is 0 Å². The van der Waals surface area contributed by atoms with E-state index in [0.717, 1.165) is 24.8 Å². The zero-order valence-electron chi connectivity index (χ0n) is 16.9. The summed E-state index contributed by atoms with van der Waals surface area (Å²) < 4.78 is 22.5. The summed E-state index contributed by atoms with van der Waals surface area (Å²) in [4.78, 5) is 24.9. The third-order valence-corrected chi connectivity index (χ3v) is 8.38. The van der Waals surface area contributed by atoms with Crippen LogP contribution in [0.3, 0.4) is 0 Å². The molecule has 1 N–H and O–H groups in total. The van der Waals surface area contributed by atoms with Crippen LogP contribution in [0.1, 0.15) is 57.6 Å². The highest BCUT2D eigenvalue weighted by atomic mass is 16.6. The predicted molar refractivity (Wildman–Crippen MR) is 99.5 cm³/mol. The Kier molecular flexibility index (Phi) is 4.17. The van der Waals surface area contributed by atoms with Crippen LogP contribution in [0.4, 0.5) is 0 Å². The van der Waals surface area contributed by atoms with Crippen molar-refractivity contribution in [2.75, 3.05) is 13.2 Å². The number of aliphatic hydroxyl groups excluding tert-OH is 1. The van der Waals surface area contributed by atoms with Crippen LogP contribution in [-0.4, -0.2) is 42.0 Å². The molecule has 2 aliphatic carbocycles. The average molecular weight is 404 g/mol. The van der Waals surface area contributed by atoms with Gasteiger partial charge in [-0.2, -0.15) is 0 Å². The van der Waals surface area contributed by atoms with Crippen molar-refractivity contribution >= 4 is 11.9 Å². The lowest BCUT2D eigenvalue weighted by molar-refractivity contribution is -0.373.